The van der Waals surface area contributed by atoms with Crippen LogP contribution in [0.3, 0.4) is 0 Å². The minimum Gasteiger partial charge on any atom is -0.356 e. The first kappa shape index (κ1) is 16.3. The average molecular weight is 295 g/mol. The van der Waals surface area contributed by atoms with Gasteiger partial charge in [-0.15, -0.1) is 0 Å². The van der Waals surface area contributed by atoms with E-state index >= 15 is 0 Å². The SMILES string of the molecule is CC(=O)NCC1CCN(C(=O)C2NCCCC2(C)C)CC1. The van der Waals surface area contributed by atoms with Crippen molar-refractivity contribution in [2.75, 3.05) is 26.2 Å². The standard InChI is InChI=1S/C16H29N3O2/c1-12(20)18-11-13-5-9-19(10-6-13)15(21)14-16(2,3)7-4-8-17-14/h13-14,17H,4-11H2,1-3H3,(H,18,20). The maximum absolute atomic E-state index is 12.7. The summed E-state index contributed by atoms with van der Waals surface area (Å²) in [6, 6.07) is -0.0434. The number of carbonyl (C=O) groups excluding carboxylic acids is 2. The Kier molecular flexibility index (Phi) is 5.25. The van der Waals surface area contributed by atoms with Crippen LogP contribution < -0.4 is 10.6 Å². The third-order valence-electron chi connectivity index (χ3n) is 4.94. The fourth-order valence-electron chi connectivity index (χ4n) is 3.46. The Balaban J connectivity index is 1.84. The van der Waals surface area contributed by atoms with Gasteiger partial charge in [-0.3, -0.25) is 9.59 Å². The summed E-state index contributed by atoms with van der Waals surface area (Å²) in [5.74, 6) is 0.796. The zero-order valence-corrected chi connectivity index (χ0v) is 13.6. The summed E-state index contributed by atoms with van der Waals surface area (Å²) in [6.45, 7) is 9.24. The average Bonchev–Trinajstić information content (AvgIpc) is 2.44. The van der Waals surface area contributed by atoms with Crippen molar-refractivity contribution in [1.29, 1.82) is 0 Å². The van der Waals surface area contributed by atoms with E-state index in [2.05, 4.69) is 24.5 Å². The molecule has 0 aromatic heterocycles. The molecule has 5 nitrogen and oxygen atoms in total. The highest BCUT2D eigenvalue weighted by atomic mass is 16.2. The van der Waals surface area contributed by atoms with E-state index in [4.69, 9.17) is 0 Å². The second kappa shape index (κ2) is 6.77. The molecule has 2 saturated heterocycles. The van der Waals surface area contributed by atoms with Crippen molar-refractivity contribution >= 4 is 11.8 Å². The van der Waals surface area contributed by atoms with Gasteiger partial charge in [0.1, 0.15) is 0 Å². The molecule has 1 unspecified atom stereocenters. The molecule has 0 bridgehead atoms. The molecule has 21 heavy (non-hydrogen) atoms. The van der Waals surface area contributed by atoms with Crippen LogP contribution in [0.5, 0.6) is 0 Å². The first-order chi connectivity index (χ1) is 9.90. The number of amides is 2. The van der Waals surface area contributed by atoms with Gasteiger partial charge in [-0.05, 0) is 43.6 Å². The zero-order valence-electron chi connectivity index (χ0n) is 13.6. The predicted octanol–water partition coefficient (Wildman–Crippen LogP) is 1.14. The Morgan fingerprint density at radius 2 is 1.95 bits per heavy atom. The van der Waals surface area contributed by atoms with Crippen molar-refractivity contribution in [3.05, 3.63) is 0 Å². The first-order valence-corrected chi connectivity index (χ1v) is 8.17. The van der Waals surface area contributed by atoms with Gasteiger partial charge in [-0.2, -0.15) is 0 Å². The topological polar surface area (TPSA) is 61.4 Å². The molecule has 1 atom stereocenters. The van der Waals surface area contributed by atoms with E-state index in [1.807, 2.05) is 4.90 Å². The molecule has 2 heterocycles. The number of likely N-dealkylation sites (tertiary alicyclic amines) is 1. The highest BCUT2D eigenvalue weighted by Gasteiger charge is 2.39. The minimum absolute atomic E-state index is 0.0293. The summed E-state index contributed by atoms with van der Waals surface area (Å²) in [5.41, 5.74) is 0.0440. The highest BCUT2D eigenvalue weighted by molar-refractivity contribution is 5.83. The third-order valence-corrected chi connectivity index (χ3v) is 4.94. The molecular formula is C16H29N3O2. The smallest absolute Gasteiger partial charge is 0.240 e. The number of piperidine rings is 2. The van der Waals surface area contributed by atoms with Crippen molar-refractivity contribution in [1.82, 2.24) is 15.5 Å². The van der Waals surface area contributed by atoms with Crippen LogP contribution in [0.4, 0.5) is 0 Å². The number of rotatable bonds is 3. The van der Waals surface area contributed by atoms with Gasteiger partial charge in [0.15, 0.2) is 0 Å². The molecule has 0 aliphatic carbocycles. The lowest BCUT2D eigenvalue weighted by Crippen LogP contribution is -2.57. The Labute approximate surface area is 127 Å². The maximum atomic E-state index is 12.7. The molecular weight excluding hydrogens is 266 g/mol. The van der Waals surface area contributed by atoms with Gasteiger partial charge in [-0.1, -0.05) is 13.8 Å². The van der Waals surface area contributed by atoms with E-state index in [1.165, 1.54) is 0 Å². The Bertz CT molecular complexity index is 387. The Hall–Kier alpha value is -1.10. The largest absolute Gasteiger partial charge is 0.356 e. The highest BCUT2D eigenvalue weighted by Crippen LogP contribution is 2.31. The Morgan fingerprint density at radius 1 is 1.29 bits per heavy atom. The molecule has 0 aromatic rings. The summed E-state index contributed by atoms with van der Waals surface area (Å²) in [7, 11) is 0. The van der Waals surface area contributed by atoms with Gasteiger partial charge >= 0.3 is 0 Å². The van der Waals surface area contributed by atoms with Crippen LogP contribution in [0.1, 0.15) is 46.5 Å². The van der Waals surface area contributed by atoms with Crippen LogP contribution in [0.2, 0.25) is 0 Å². The Morgan fingerprint density at radius 3 is 2.52 bits per heavy atom. The van der Waals surface area contributed by atoms with Crippen molar-refractivity contribution in [2.24, 2.45) is 11.3 Å². The quantitative estimate of drug-likeness (QED) is 0.821. The molecule has 2 amide bonds. The van der Waals surface area contributed by atoms with E-state index in [0.29, 0.717) is 5.92 Å². The van der Waals surface area contributed by atoms with Gasteiger partial charge in [0, 0.05) is 26.6 Å². The van der Waals surface area contributed by atoms with Gasteiger partial charge in [0.2, 0.25) is 11.8 Å². The van der Waals surface area contributed by atoms with Crippen LogP contribution in [-0.4, -0.2) is 48.9 Å². The molecule has 0 radical (unpaired) electrons. The van der Waals surface area contributed by atoms with Crippen LogP contribution in [-0.2, 0) is 9.59 Å². The van der Waals surface area contributed by atoms with Crippen LogP contribution in [0.15, 0.2) is 0 Å². The predicted molar refractivity (Wildman–Crippen MR) is 82.8 cm³/mol. The summed E-state index contributed by atoms with van der Waals surface area (Å²) >= 11 is 0. The van der Waals surface area contributed by atoms with E-state index < -0.39 is 0 Å². The summed E-state index contributed by atoms with van der Waals surface area (Å²) in [6.07, 6.45) is 4.23. The number of nitrogens with zero attached hydrogens (tertiary/aromatic N) is 1. The van der Waals surface area contributed by atoms with E-state index in [-0.39, 0.29) is 23.3 Å². The number of nitrogens with one attached hydrogen (secondary N) is 2. The number of hydrogen-bond donors (Lipinski definition) is 2. The van der Waals surface area contributed by atoms with Gasteiger partial charge in [0.05, 0.1) is 6.04 Å². The minimum atomic E-state index is -0.0434. The van der Waals surface area contributed by atoms with Crippen molar-refractivity contribution < 1.29 is 9.59 Å². The number of hydrogen-bond acceptors (Lipinski definition) is 3. The summed E-state index contributed by atoms with van der Waals surface area (Å²) in [5, 5.41) is 6.29. The lowest BCUT2D eigenvalue weighted by Gasteiger charge is -2.42. The lowest BCUT2D eigenvalue weighted by molar-refractivity contribution is -0.139. The monoisotopic (exact) mass is 295 g/mol. The summed E-state index contributed by atoms with van der Waals surface area (Å²) < 4.78 is 0. The van der Waals surface area contributed by atoms with Gasteiger partial charge in [0.25, 0.3) is 0 Å². The van der Waals surface area contributed by atoms with E-state index in [0.717, 1.165) is 51.9 Å². The molecule has 0 aromatic carbocycles. The maximum Gasteiger partial charge on any atom is 0.240 e. The second-order valence-corrected chi connectivity index (χ2v) is 7.19. The van der Waals surface area contributed by atoms with Crippen LogP contribution in [0, 0.1) is 11.3 Å². The lowest BCUT2D eigenvalue weighted by atomic mass is 9.76. The fraction of sp³-hybridized carbons (Fsp3) is 0.875. The van der Waals surface area contributed by atoms with E-state index in [9.17, 15) is 9.59 Å². The van der Waals surface area contributed by atoms with E-state index in [1.54, 1.807) is 6.92 Å². The van der Waals surface area contributed by atoms with Crippen molar-refractivity contribution in [3.8, 4) is 0 Å². The molecule has 0 saturated carbocycles. The van der Waals surface area contributed by atoms with Crippen LogP contribution in [0.25, 0.3) is 0 Å². The molecule has 2 aliphatic rings. The second-order valence-electron chi connectivity index (χ2n) is 7.19. The fourth-order valence-corrected chi connectivity index (χ4v) is 3.46. The van der Waals surface area contributed by atoms with Crippen molar-refractivity contribution in [3.63, 3.8) is 0 Å². The molecule has 2 aliphatic heterocycles. The molecule has 5 heteroatoms. The summed E-state index contributed by atoms with van der Waals surface area (Å²) in [4.78, 5) is 25.7. The normalized spacial score (nSPS) is 26.4. The zero-order chi connectivity index (χ0) is 15.5. The molecule has 0 spiro atoms. The molecule has 2 rings (SSSR count). The van der Waals surface area contributed by atoms with Crippen LogP contribution >= 0.6 is 0 Å². The molecule has 2 fully saturated rings. The molecule has 2 N–H and O–H groups in total. The number of carbonyl (C=O) groups is 2. The van der Waals surface area contributed by atoms with Crippen molar-refractivity contribution in [2.45, 2.75) is 52.5 Å². The van der Waals surface area contributed by atoms with Gasteiger partial charge in [-0.25, -0.2) is 0 Å². The third kappa shape index (κ3) is 4.19. The first-order valence-electron chi connectivity index (χ1n) is 8.17. The molecule has 120 valence electrons. The van der Waals surface area contributed by atoms with Gasteiger partial charge < -0.3 is 15.5 Å².